The van der Waals surface area contributed by atoms with E-state index in [4.69, 9.17) is 28.4 Å². The van der Waals surface area contributed by atoms with E-state index in [-0.39, 0.29) is 51.9 Å². The highest BCUT2D eigenvalue weighted by Gasteiger charge is 2.64. The van der Waals surface area contributed by atoms with Crippen molar-refractivity contribution in [2.45, 2.75) is 63.4 Å². The third-order valence-corrected chi connectivity index (χ3v) is 9.83. The Labute approximate surface area is 279 Å². The topological polar surface area (TPSA) is 185 Å². The second-order valence-electron chi connectivity index (χ2n) is 12.3. The van der Waals surface area contributed by atoms with Crippen LogP contribution in [-0.2, 0) is 59.4 Å². The van der Waals surface area contributed by atoms with Gasteiger partial charge in [-0.2, -0.15) is 4.72 Å². The predicted molar refractivity (Wildman–Crippen MR) is 170 cm³/mol. The molecule has 0 bridgehead atoms. The van der Waals surface area contributed by atoms with Crippen LogP contribution in [0.2, 0.25) is 0 Å². The molecule has 3 atom stereocenters. The maximum Gasteiger partial charge on any atom is 0.407 e. The maximum absolute atomic E-state index is 12.9. The highest BCUT2D eigenvalue weighted by Crippen LogP contribution is 2.51. The number of β-lactam (4-membered cyclic amide) rings is 1. The van der Waals surface area contributed by atoms with Crippen LogP contribution in [0.4, 0.5) is 4.79 Å². The summed E-state index contributed by atoms with van der Waals surface area (Å²) >= 11 is 1.29. The summed E-state index contributed by atoms with van der Waals surface area (Å²) in [6.45, 7) is 9.51. The monoisotopic (exact) mass is 703 g/mol. The Morgan fingerprint density at radius 2 is 1.53 bits per heavy atom. The van der Waals surface area contributed by atoms with Gasteiger partial charge in [0, 0.05) is 11.3 Å². The third kappa shape index (κ3) is 11.9. The molecule has 0 saturated carbocycles. The molecule has 15 nitrogen and oxygen atoms in total. The highest BCUT2D eigenvalue weighted by atomic mass is 32.2. The molecule has 0 radical (unpaired) electrons. The minimum Gasteiger partial charge on any atom is -0.445 e. The molecule has 3 rings (SSSR count). The largest absolute Gasteiger partial charge is 0.445 e. The number of fused-ring (bicyclic) bond motifs is 1. The van der Waals surface area contributed by atoms with Crippen LogP contribution in [0.15, 0.2) is 30.3 Å². The van der Waals surface area contributed by atoms with E-state index in [0.717, 1.165) is 5.56 Å². The first-order valence-corrected chi connectivity index (χ1v) is 17.7. The molecule has 1 aromatic rings. The number of carbonyl (C=O) groups is 4. The Bertz CT molecular complexity index is 1320. The molecule has 2 N–H and O–H groups in total. The van der Waals surface area contributed by atoms with Gasteiger partial charge in [0.15, 0.2) is 0 Å². The summed E-state index contributed by atoms with van der Waals surface area (Å²) in [5.41, 5.74) is 0.124. The first-order chi connectivity index (χ1) is 22.1. The zero-order valence-electron chi connectivity index (χ0n) is 27.4. The number of hydrogen-bond acceptors (Lipinski definition) is 13. The number of sulfonamides is 1. The molecule has 2 heterocycles. The molecule has 2 aliphatic rings. The average molecular weight is 704 g/mol. The Morgan fingerprint density at radius 3 is 2.17 bits per heavy atom. The molecule has 2 fully saturated rings. The van der Waals surface area contributed by atoms with Gasteiger partial charge in [-0.05, 0) is 40.2 Å². The molecular weight excluding hydrogens is 658 g/mol. The smallest absolute Gasteiger partial charge is 0.407 e. The minimum absolute atomic E-state index is 0.114. The lowest BCUT2D eigenvalue weighted by atomic mass is 9.96. The van der Waals surface area contributed by atoms with Gasteiger partial charge in [0.1, 0.15) is 24.1 Å². The summed E-state index contributed by atoms with van der Waals surface area (Å²) in [6.07, 6.45) is -0.532. The number of thioether (sulfide) groups is 1. The molecule has 2 amide bonds. The number of alkyl carbamates (subject to hydrolysis) is 1. The van der Waals surface area contributed by atoms with Gasteiger partial charge in [-0.25, -0.2) is 18.0 Å². The quantitative estimate of drug-likeness (QED) is 0.0913. The molecule has 0 unspecified atom stereocenters. The zero-order chi connectivity index (χ0) is 34.7. The van der Waals surface area contributed by atoms with E-state index in [1.165, 1.54) is 16.7 Å². The van der Waals surface area contributed by atoms with Crippen molar-refractivity contribution >= 4 is 45.7 Å². The molecule has 0 aromatic heterocycles. The van der Waals surface area contributed by atoms with Crippen molar-refractivity contribution in [2.75, 3.05) is 58.7 Å². The fourth-order valence-electron chi connectivity index (χ4n) is 4.50. The number of rotatable bonds is 19. The normalized spacial score (nSPS) is 20.2. The van der Waals surface area contributed by atoms with Gasteiger partial charge in [-0.3, -0.25) is 9.59 Å². The molecular formula is C30H45N3O12S2. The van der Waals surface area contributed by atoms with Crippen molar-refractivity contribution < 1.29 is 56.0 Å². The number of carbonyl (C=O) groups excluding carboxylic acids is 4. The SMILES string of the molecule is CC(C)(C)C(=O)OCOC(=O)[C@@H]1N2C(=O)[C@@H](NS(=O)(=O)CCOCCOCCOCCNC(=O)OCc3ccccc3)[C@H]2SC1(C)C. The summed E-state index contributed by atoms with van der Waals surface area (Å²) in [7, 11) is -3.87. The summed E-state index contributed by atoms with van der Waals surface area (Å²) in [5.74, 6) is -2.19. The van der Waals surface area contributed by atoms with E-state index >= 15 is 0 Å². The van der Waals surface area contributed by atoms with Crippen molar-refractivity contribution in [3.63, 3.8) is 0 Å². The van der Waals surface area contributed by atoms with Gasteiger partial charge in [-0.1, -0.05) is 30.3 Å². The number of amides is 2. The minimum atomic E-state index is -3.87. The van der Waals surface area contributed by atoms with E-state index in [1.54, 1.807) is 34.6 Å². The van der Waals surface area contributed by atoms with Crippen molar-refractivity contribution in [1.82, 2.24) is 14.9 Å². The van der Waals surface area contributed by atoms with Crippen molar-refractivity contribution in [3.8, 4) is 0 Å². The van der Waals surface area contributed by atoms with Crippen LogP contribution >= 0.6 is 11.8 Å². The average Bonchev–Trinajstić information content (AvgIpc) is 3.27. The molecule has 1 aromatic carbocycles. The Balaban J connectivity index is 1.23. The first-order valence-electron chi connectivity index (χ1n) is 15.1. The Morgan fingerprint density at radius 1 is 0.915 bits per heavy atom. The van der Waals surface area contributed by atoms with Gasteiger partial charge < -0.3 is 38.6 Å². The molecule has 2 saturated heterocycles. The van der Waals surface area contributed by atoms with Crippen LogP contribution in [0.1, 0.15) is 40.2 Å². The lowest BCUT2D eigenvalue weighted by Gasteiger charge is -2.43. The third-order valence-electron chi connectivity index (χ3n) is 6.94. The maximum atomic E-state index is 12.9. The summed E-state index contributed by atoms with van der Waals surface area (Å²) in [4.78, 5) is 50.6. The molecule has 17 heteroatoms. The van der Waals surface area contributed by atoms with E-state index in [0.29, 0.717) is 6.61 Å². The van der Waals surface area contributed by atoms with Crippen molar-refractivity contribution in [2.24, 2.45) is 5.41 Å². The number of esters is 2. The number of nitrogens with zero attached hydrogens (tertiary/aromatic N) is 1. The zero-order valence-corrected chi connectivity index (χ0v) is 29.0. The summed E-state index contributed by atoms with van der Waals surface area (Å²) in [5, 5.41) is 2.00. The van der Waals surface area contributed by atoms with Gasteiger partial charge in [0.05, 0.1) is 50.8 Å². The molecule has 2 aliphatic heterocycles. The first kappa shape index (κ1) is 38.5. The number of hydrogen-bond donors (Lipinski definition) is 2. The van der Waals surface area contributed by atoms with Crippen LogP contribution in [0, 0.1) is 5.41 Å². The predicted octanol–water partition coefficient (Wildman–Crippen LogP) is 1.40. The van der Waals surface area contributed by atoms with E-state index in [1.807, 2.05) is 30.3 Å². The number of ether oxygens (including phenoxy) is 6. The number of nitrogens with one attached hydrogen (secondary N) is 2. The van der Waals surface area contributed by atoms with E-state index < -0.39 is 68.4 Å². The fourth-order valence-corrected chi connectivity index (χ4v) is 7.28. The second kappa shape index (κ2) is 17.4. The van der Waals surface area contributed by atoms with Gasteiger partial charge >= 0.3 is 18.0 Å². The van der Waals surface area contributed by atoms with Gasteiger partial charge in [0.25, 0.3) is 0 Å². The molecule has 0 spiro atoms. The van der Waals surface area contributed by atoms with Gasteiger partial charge in [-0.15, -0.1) is 11.8 Å². The Kier molecular flexibility index (Phi) is 14.3. The highest BCUT2D eigenvalue weighted by molar-refractivity contribution is 8.01. The van der Waals surface area contributed by atoms with E-state index in [9.17, 15) is 27.6 Å². The van der Waals surface area contributed by atoms with Crippen molar-refractivity contribution in [3.05, 3.63) is 35.9 Å². The van der Waals surface area contributed by atoms with Crippen LogP contribution < -0.4 is 10.0 Å². The lowest BCUT2D eigenvalue weighted by molar-refractivity contribution is -0.180. The fraction of sp³-hybridized carbons (Fsp3) is 0.667. The standard InChI is InChI=1S/C30H45N3O12S2/c1-29(2,3)27(36)45-20-44-26(35)23-30(4,5)46-25-22(24(34)33(23)25)32-47(38,39)18-17-42-16-15-41-14-13-40-12-11-31-28(37)43-19-21-9-7-6-8-10-21/h6-10,22-23,25,32H,11-20H2,1-5H3,(H,31,37)/t22-,23+,25-/m1/s1. The van der Waals surface area contributed by atoms with Crippen LogP contribution in [0.3, 0.4) is 0 Å². The second-order valence-corrected chi connectivity index (χ2v) is 15.9. The summed E-state index contributed by atoms with van der Waals surface area (Å²) < 4.78 is 58.3. The summed E-state index contributed by atoms with van der Waals surface area (Å²) in [6, 6.07) is 7.33. The molecule has 47 heavy (non-hydrogen) atoms. The van der Waals surface area contributed by atoms with Crippen molar-refractivity contribution in [1.29, 1.82) is 0 Å². The molecule has 264 valence electrons. The Hall–Kier alpha value is -2.96. The lowest BCUT2D eigenvalue weighted by Crippen LogP contribution is -2.70. The number of benzene rings is 1. The van der Waals surface area contributed by atoms with Crippen LogP contribution in [0.25, 0.3) is 0 Å². The molecule has 0 aliphatic carbocycles. The van der Waals surface area contributed by atoms with Crippen LogP contribution in [0.5, 0.6) is 0 Å². The van der Waals surface area contributed by atoms with Crippen LogP contribution in [-0.4, -0.2) is 118 Å². The van der Waals surface area contributed by atoms with E-state index in [2.05, 4.69) is 10.0 Å². The van der Waals surface area contributed by atoms with Gasteiger partial charge in [0.2, 0.25) is 22.7 Å².